The highest BCUT2D eigenvalue weighted by molar-refractivity contribution is 5.50. The highest BCUT2D eigenvalue weighted by Gasteiger charge is 2.38. The molecule has 3 nitrogen and oxygen atoms in total. The average Bonchev–Trinajstić information content (AvgIpc) is 2.92. The van der Waals surface area contributed by atoms with Crippen LogP contribution in [0.25, 0.3) is 0 Å². The summed E-state index contributed by atoms with van der Waals surface area (Å²) in [6, 6.07) is 2.04. The molecule has 0 aromatic carbocycles. The first-order valence-corrected chi connectivity index (χ1v) is 6.68. The van der Waals surface area contributed by atoms with E-state index in [0.717, 1.165) is 41.4 Å². The Morgan fingerprint density at radius 2 is 2.29 bits per heavy atom. The molecular formula is C14H21N3. The maximum Gasteiger partial charge on any atom is 0.126 e. The third-order valence-corrected chi connectivity index (χ3v) is 4.58. The van der Waals surface area contributed by atoms with E-state index >= 15 is 0 Å². The van der Waals surface area contributed by atoms with E-state index in [9.17, 15) is 0 Å². The Hall–Kier alpha value is -1.25. The second kappa shape index (κ2) is 4.21. The molecule has 0 radical (unpaired) electrons. The van der Waals surface area contributed by atoms with Gasteiger partial charge in [-0.25, -0.2) is 4.98 Å². The van der Waals surface area contributed by atoms with Crippen LogP contribution in [0, 0.1) is 24.7 Å². The fourth-order valence-electron chi connectivity index (χ4n) is 3.53. The van der Waals surface area contributed by atoms with Crippen LogP contribution in [-0.4, -0.2) is 11.5 Å². The second-order valence-corrected chi connectivity index (χ2v) is 5.74. The number of aromatic nitrogens is 1. The summed E-state index contributed by atoms with van der Waals surface area (Å²) in [5.74, 6) is 3.84. The van der Waals surface area contributed by atoms with Crippen molar-refractivity contribution in [2.75, 3.05) is 17.6 Å². The quantitative estimate of drug-likeness (QED) is 0.841. The van der Waals surface area contributed by atoms with Crippen LogP contribution in [0.5, 0.6) is 0 Å². The summed E-state index contributed by atoms with van der Waals surface area (Å²) in [7, 11) is 0. The Morgan fingerprint density at radius 3 is 2.94 bits per heavy atom. The van der Waals surface area contributed by atoms with Gasteiger partial charge in [0.05, 0.1) is 11.9 Å². The van der Waals surface area contributed by atoms with E-state index in [1.807, 2.05) is 13.0 Å². The van der Waals surface area contributed by atoms with Gasteiger partial charge in [-0.2, -0.15) is 0 Å². The molecule has 1 heterocycles. The molecule has 0 saturated heterocycles. The second-order valence-electron chi connectivity index (χ2n) is 5.74. The number of hydrogen-bond acceptors (Lipinski definition) is 3. The minimum atomic E-state index is 0.774. The van der Waals surface area contributed by atoms with Crippen LogP contribution in [-0.2, 0) is 0 Å². The third kappa shape index (κ3) is 2.11. The Balaban J connectivity index is 1.59. The first kappa shape index (κ1) is 10.9. The van der Waals surface area contributed by atoms with Crippen LogP contribution in [0.4, 0.5) is 11.5 Å². The van der Waals surface area contributed by atoms with E-state index in [4.69, 9.17) is 5.73 Å². The monoisotopic (exact) mass is 231 g/mol. The van der Waals surface area contributed by atoms with E-state index in [1.165, 1.54) is 25.7 Å². The van der Waals surface area contributed by atoms with Crippen LogP contribution in [0.3, 0.4) is 0 Å². The summed E-state index contributed by atoms with van der Waals surface area (Å²) < 4.78 is 0. The molecule has 1 aromatic heterocycles. The van der Waals surface area contributed by atoms with Gasteiger partial charge in [0.2, 0.25) is 0 Å². The minimum Gasteiger partial charge on any atom is -0.397 e. The Kier molecular flexibility index (Phi) is 2.69. The molecule has 3 atom stereocenters. The van der Waals surface area contributed by atoms with Gasteiger partial charge >= 0.3 is 0 Å². The fraction of sp³-hybridized carbons (Fsp3) is 0.643. The van der Waals surface area contributed by atoms with Crippen molar-refractivity contribution in [2.45, 2.75) is 32.6 Å². The molecule has 3 rings (SSSR count). The molecule has 0 spiro atoms. The largest absolute Gasteiger partial charge is 0.397 e. The molecule has 2 saturated carbocycles. The molecule has 2 bridgehead atoms. The normalized spacial score (nSPS) is 30.8. The van der Waals surface area contributed by atoms with Crippen LogP contribution in [0.15, 0.2) is 12.3 Å². The number of nitrogens with two attached hydrogens (primary N) is 1. The zero-order valence-corrected chi connectivity index (χ0v) is 10.4. The van der Waals surface area contributed by atoms with Gasteiger partial charge in [-0.15, -0.1) is 0 Å². The minimum absolute atomic E-state index is 0.774. The molecule has 3 unspecified atom stereocenters. The zero-order chi connectivity index (χ0) is 11.8. The average molecular weight is 231 g/mol. The number of anilines is 2. The van der Waals surface area contributed by atoms with Gasteiger partial charge in [-0.1, -0.05) is 6.42 Å². The number of nitrogen functional groups attached to an aromatic ring is 1. The molecular weight excluding hydrogens is 210 g/mol. The predicted molar refractivity (Wildman–Crippen MR) is 70.8 cm³/mol. The van der Waals surface area contributed by atoms with Gasteiger partial charge in [0, 0.05) is 6.54 Å². The van der Waals surface area contributed by atoms with Crippen molar-refractivity contribution >= 4 is 11.5 Å². The summed E-state index contributed by atoms with van der Waals surface area (Å²) >= 11 is 0. The Bertz CT molecular complexity index is 416. The van der Waals surface area contributed by atoms with Gasteiger partial charge in [0.1, 0.15) is 5.82 Å². The number of aryl methyl sites for hydroxylation is 1. The van der Waals surface area contributed by atoms with Crippen LogP contribution in [0.2, 0.25) is 0 Å². The van der Waals surface area contributed by atoms with Gasteiger partial charge in [-0.05, 0) is 55.6 Å². The number of nitrogens with zero attached hydrogens (tertiary/aromatic N) is 1. The molecule has 2 aliphatic rings. The molecule has 17 heavy (non-hydrogen) atoms. The molecule has 92 valence electrons. The first-order chi connectivity index (χ1) is 8.22. The summed E-state index contributed by atoms with van der Waals surface area (Å²) in [6.45, 7) is 3.11. The highest BCUT2D eigenvalue weighted by atomic mass is 15.0. The van der Waals surface area contributed by atoms with Crippen molar-refractivity contribution in [3.8, 4) is 0 Å². The molecule has 2 fully saturated rings. The lowest BCUT2D eigenvalue weighted by molar-refractivity contribution is 0.348. The topological polar surface area (TPSA) is 50.9 Å². The standard InChI is InChI=1S/C14H21N3/c1-9-4-14(17-8-13(9)15)16-7-12-6-10-2-3-11(12)5-10/h4,8,10-12H,2-3,5-7,15H2,1H3,(H,16,17). The van der Waals surface area contributed by atoms with Crippen LogP contribution >= 0.6 is 0 Å². The van der Waals surface area contributed by atoms with E-state index in [2.05, 4.69) is 10.3 Å². The molecule has 0 amide bonds. The lowest BCUT2D eigenvalue weighted by Gasteiger charge is -2.22. The Labute approximate surface area is 103 Å². The number of pyridine rings is 1. The van der Waals surface area contributed by atoms with E-state index < -0.39 is 0 Å². The SMILES string of the molecule is Cc1cc(NCC2CC3CCC2C3)ncc1N. The predicted octanol–water partition coefficient (Wildman–Crippen LogP) is 2.82. The lowest BCUT2D eigenvalue weighted by Crippen LogP contribution is -2.20. The van der Waals surface area contributed by atoms with Crippen molar-refractivity contribution in [1.29, 1.82) is 0 Å². The van der Waals surface area contributed by atoms with Gasteiger partial charge in [0.25, 0.3) is 0 Å². The maximum absolute atomic E-state index is 5.77. The maximum atomic E-state index is 5.77. The van der Waals surface area contributed by atoms with Crippen molar-refractivity contribution in [3.63, 3.8) is 0 Å². The fourth-order valence-corrected chi connectivity index (χ4v) is 3.53. The third-order valence-electron chi connectivity index (χ3n) is 4.58. The van der Waals surface area contributed by atoms with Crippen LogP contribution < -0.4 is 11.1 Å². The van der Waals surface area contributed by atoms with E-state index in [1.54, 1.807) is 6.20 Å². The van der Waals surface area contributed by atoms with Crippen LogP contribution in [0.1, 0.15) is 31.2 Å². The van der Waals surface area contributed by atoms with Gasteiger partial charge in [0.15, 0.2) is 0 Å². The van der Waals surface area contributed by atoms with Crippen molar-refractivity contribution in [1.82, 2.24) is 4.98 Å². The van der Waals surface area contributed by atoms with Crippen molar-refractivity contribution < 1.29 is 0 Å². The molecule has 3 N–H and O–H groups in total. The molecule has 1 aromatic rings. The summed E-state index contributed by atoms with van der Waals surface area (Å²) in [5, 5.41) is 3.47. The summed E-state index contributed by atoms with van der Waals surface area (Å²) in [5.41, 5.74) is 7.65. The number of fused-ring (bicyclic) bond motifs is 2. The number of rotatable bonds is 3. The number of nitrogens with one attached hydrogen (secondary N) is 1. The first-order valence-electron chi connectivity index (χ1n) is 6.68. The molecule has 0 aliphatic heterocycles. The Morgan fingerprint density at radius 1 is 1.41 bits per heavy atom. The van der Waals surface area contributed by atoms with Crippen molar-refractivity contribution in [3.05, 3.63) is 17.8 Å². The number of hydrogen-bond donors (Lipinski definition) is 2. The molecule has 3 heteroatoms. The van der Waals surface area contributed by atoms with Gasteiger partial charge < -0.3 is 11.1 Å². The smallest absolute Gasteiger partial charge is 0.126 e. The zero-order valence-electron chi connectivity index (χ0n) is 10.4. The van der Waals surface area contributed by atoms with Crippen molar-refractivity contribution in [2.24, 2.45) is 17.8 Å². The lowest BCUT2D eigenvalue weighted by atomic mass is 9.89. The van der Waals surface area contributed by atoms with Gasteiger partial charge in [-0.3, -0.25) is 0 Å². The molecule has 2 aliphatic carbocycles. The highest BCUT2D eigenvalue weighted by Crippen LogP contribution is 2.48. The summed E-state index contributed by atoms with van der Waals surface area (Å²) in [4.78, 5) is 4.33. The summed E-state index contributed by atoms with van der Waals surface area (Å²) in [6.07, 6.45) is 7.57. The van der Waals surface area contributed by atoms with E-state index in [0.29, 0.717) is 0 Å². The van der Waals surface area contributed by atoms with E-state index in [-0.39, 0.29) is 0 Å².